The SMILES string of the molecule is CCOc1ccc(C(=O)N2CCN(C(=N)N)CC2)c(OCC)c1OCC. The summed E-state index contributed by atoms with van der Waals surface area (Å²) in [6.45, 7) is 9.06. The van der Waals surface area contributed by atoms with Crippen molar-refractivity contribution in [2.75, 3.05) is 46.0 Å². The predicted octanol–water partition coefficient (Wildman–Crippen LogP) is 1.53. The number of hydrogen-bond donors (Lipinski definition) is 2. The second-order valence-electron chi connectivity index (χ2n) is 5.73. The molecule has 1 heterocycles. The van der Waals surface area contributed by atoms with E-state index in [9.17, 15) is 4.79 Å². The van der Waals surface area contributed by atoms with Crippen molar-refractivity contribution in [3.8, 4) is 17.2 Å². The summed E-state index contributed by atoms with van der Waals surface area (Å²) in [7, 11) is 0. The Hall–Kier alpha value is -2.64. The van der Waals surface area contributed by atoms with Crippen molar-refractivity contribution in [1.82, 2.24) is 9.80 Å². The van der Waals surface area contributed by atoms with Crippen LogP contribution in [0.2, 0.25) is 0 Å². The Kier molecular flexibility index (Phi) is 6.94. The quantitative estimate of drug-likeness (QED) is 0.562. The van der Waals surface area contributed by atoms with Gasteiger partial charge in [0.05, 0.1) is 25.4 Å². The zero-order valence-electron chi connectivity index (χ0n) is 15.7. The van der Waals surface area contributed by atoms with Gasteiger partial charge in [0.25, 0.3) is 5.91 Å². The molecule has 0 radical (unpaired) electrons. The molecule has 3 N–H and O–H groups in total. The van der Waals surface area contributed by atoms with Crippen LogP contribution in [0.5, 0.6) is 17.2 Å². The highest BCUT2D eigenvalue weighted by molar-refractivity contribution is 5.98. The van der Waals surface area contributed by atoms with E-state index in [1.165, 1.54) is 0 Å². The summed E-state index contributed by atoms with van der Waals surface area (Å²) < 4.78 is 17.1. The summed E-state index contributed by atoms with van der Waals surface area (Å²) in [4.78, 5) is 16.5. The molecule has 1 saturated heterocycles. The third-order valence-electron chi connectivity index (χ3n) is 4.09. The summed E-state index contributed by atoms with van der Waals surface area (Å²) >= 11 is 0. The van der Waals surface area contributed by atoms with Crippen LogP contribution in [0, 0.1) is 5.41 Å². The lowest BCUT2D eigenvalue weighted by molar-refractivity contribution is 0.0685. The van der Waals surface area contributed by atoms with Gasteiger partial charge in [0.2, 0.25) is 5.75 Å². The maximum Gasteiger partial charge on any atom is 0.257 e. The number of rotatable bonds is 7. The zero-order chi connectivity index (χ0) is 19.1. The van der Waals surface area contributed by atoms with Crippen LogP contribution in [0.1, 0.15) is 31.1 Å². The summed E-state index contributed by atoms with van der Waals surface area (Å²) in [6.07, 6.45) is 0. The Labute approximate surface area is 154 Å². The molecule has 26 heavy (non-hydrogen) atoms. The number of nitrogens with two attached hydrogens (primary N) is 1. The first-order valence-corrected chi connectivity index (χ1v) is 8.97. The maximum absolute atomic E-state index is 13.0. The van der Waals surface area contributed by atoms with Crippen LogP contribution in [0.3, 0.4) is 0 Å². The molecule has 1 fully saturated rings. The van der Waals surface area contributed by atoms with Gasteiger partial charge in [0.1, 0.15) is 0 Å². The Morgan fingerprint density at radius 2 is 1.50 bits per heavy atom. The zero-order valence-corrected chi connectivity index (χ0v) is 15.7. The molecule has 144 valence electrons. The van der Waals surface area contributed by atoms with E-state index >= 15 is 0 Å². The smallest absolute Gasteiger partial charge is 0.257 e. The Morgan fingerprint density at radius 1 is 0.962 bits per heavy atom. The Bertz CT molecular complexity index is 642. The molecule has 1 aromatic carbocycles. The molecular formula is C18H28N4O4. The van der Waals surface area contributed by atoms with Crippen LogP contribution in [-0.2, 0) is 0 Å². The van der Waals surface area contributed by atoms with Crippen LogP contribution in [0.25, 0.3) is 0 Å². The molecule has 0 aliphatic carbocycles. The minimum absolute atomic E-state index is 0.0341. The van der Waals surface area contributed by atoms with E-state index in [2.05, 4.69) is 0 Å². The third-order valence-corrected chi connectivity index (χ3v) is 4.09. The van der Waals surface area contributed by atoms with Crippen molar-refractivity contribution in [2.45, 2.75) is 20.8 Å². The number of guanidine groups is 1. The summed E-state index contributed by atoms with van der Waals surface area (Å²) in [5.74, 6) is 1.35. The Balaban J connectivity index is 2.31. The van der Waals surface area contributed by atoms with Crippen LogP contribution in [0.15, 0.2) is 12.1 Å². The highest BCUT2D eigenvalue weighted by atomic mass is 16.5. The minimum atomic E-state index is -0.124. The molecule has 1 aliphatic heterocycles. The number of ether oxygens (including phenoxy) is 3. The van der Waals surface area contributed by atoms with Gasteiger partial charge in [0.15, 0.2) is 17.5 Å². The van der Waals surface area contributed by atoms with Gasteiger partial charge in [0, 0.05) is 26.2 Å². The molecule has 1 aromatic rings. The van der Waals surface area contributed by atoms with Crippen LogP contribution in [-0.4, -0.2) is 67.7 Å². The fourth-order valence-electron chi connectivity index (χ4n) is 2.87. The van der Waals surface area contributed by atoms with E-state index in [0.717, 1.165) is 0 Å². The van der Waals surface area contributed by atoms with Gasteiger partial charge in [-0.2, -0.15) is 0 Å². The molecule has 0 bridgehead atoms. The molecule has 2 rings (SSSR count). The van der Waals surface area contributed by atoms with Gasteiger partial charge in [-0.05, 0) is 32.9 Å². The largest absolute Gasteiger partial charge is 0.490 e. The van der Waals surface area contributed by atoms with Gasteiger partial charge in [-0.3, -0.25) is 10.2 Å². The van der Waals surface area contributed by atoms with Crippen molar-refractivity contribution in [2.24, 2.45) is 5.73 Å². The van der Waals surface area contributed by atoms with Crippen molar-refractivity contribution in [1.29, 1.82) is 5.41 Å². The van der Waals surface area contributed by atoms with E-state index in [1.807, 2.05) is 20.8 Å². The first-order valence-electron chi connectivity index (χ1n) is 8.97. The molecule has 8 heteroatoms. The van der Waals surface area contributed by atoms with E-state index in [-0.39, 0.29) is 11.9 Å². The van der Waals surface area contributed by atoms with Crippen LogP contribution in [0.4, 0.5) is 0 Å². The lowest BCUT2D eigenvalue weighted by Crippen LogP contribution is -2.52. The maximum atomic E-state index is 13.0. The molecule has 1 aliphatic rings. The topological polar surface area (TPSA) is 101 Å². The van der Waals surface area contributed by atoms with Gasteiger partial charge < -0.3 is 29.7 Å². The minimum Gasteiger partial charge on any atom is -0.490 e. The van der Waals surface area contributed by atoms with Crippen LogP contribution >= 0.6 is 0 Å². The average molecular weight is 364 g/mol. The van der Waals surface area contributed by atoms with E-state index in [1.54, 1.807) is 21.9 Å². The third kappa shape index (κ3) is 4.30. The lowest BCUT2D eigenvalue weighted by atomic mass is 10.1. The normalized spacial score (nSPS) is 14.1. The summed E-state index contributed by atoms with van der Waals surface area (Å²) in [5, 5.41) is 7.50. The monoisotopic (exact) mass is 364 g/mol. The number of hydrogen-bond acceptors (Lipinski definition) is 5. The van der Waals surface area contributed by atoms with Crippen molar-refractivity contribution in [3.05, 3.63) is 17.7 Å². The molecule has 0 atom stereocenters. The molecule has 0 spiro atoms. The van der Waals surface area contributed by atoms with E-state index in [0.29, 0.717) is 68.8 Å². The number of benzene rings is 1. The number of carbonyl (C=O) groups excluding carboxylic acids is 1. The fourth-order valence-corrected chi connectivity index (χ4v) is 2.87. The van der Waals surface area contributed by atoms with Gasteiger partial charge >= 0.3 is 0 Å². The Morgan fingerprint density at radius 3 is 2.04 bits per heavy atom. The standard InChI is InChI=1S/C18H28N4O4/c1-4-24-14-8-7-13(15(25-5-2)16(14)26-6-3)17(23)21-9-11-22(12-10-21)18(19)20/h7-8H,4-6,9-12H2,1-3H3,(H3,19,20). The highest BCUT2D eigenvalue weighted by Crippen LogP contribution is 2.41. The number of nitrogens with zero attached hydrogens (tertiary/aromatic N) is 2. The van der Waals surface area contributed by atoms with Gasteiger partial charge in [-0.1, -0.05) is 0 Å². The number of nitrogens with one attached hydrogen (secondary N) is 1. The molecule has 0 saturated carbocycles. The highest BCUT2D eigenvalue weighted by Gasteiger charge is 2.28. The molecular weight excluding hydrogens is 336 g/mol. The number of amides is 1. The average Bonchev–Trinajstić information content (AvgIpc) is 2.64. The molecule has 1 amide bonds. The molecule has 0 unspecified atom stereocenters. The molecule has 0 aromatic heterocycles. The van der Waals surface area contributed by atoms with Gasteiger partial charge in [-0.25, -0.2) is 0 Å². The van der Waals surface area contributed by atoms with E-state index < -0.39 is 0 Å². The predicted molar refractivity (Wildman–Crippen MR) is 99.3 cm³/mol. The second kappa shape index (κ2) is 9.17. The second-order valence-corrected chi connectivity index (χ2v) is 5.73. The lowest BCUT2D eigenvalue weighted by Gasteiger charge is -2.35. The number of carbonyl (C=O) groups is 1. The van der Waals surface area contributed by atoms with Crippen LogP contribution < -0.4 is 19.9 Å². The summed E-state index contributed by atoms with van der Waals surface area (Å²) in [5.41, 5.74) is 5.97. The van der Waals surface area contributed by atoms with Crippen molar-refractivity contribution < 1.29 is 19.0 Å². The van der Waals surface area contributed by atoms with E-state index in [4.69, 9.17) is 25.4 Å². The van der Waals surface area contributed by atoms with Gasteiger partial charge in [-0.15, -0.1) is 0 Å². The summed E-state index contributed by atoms with van der Waals surface area (Å²) in [6, 6.07) is 3.47. The first-order chi connectivity index (χ1) is 12.5. The molecule has 8 nitrogen and oxygen atoms in total. The fraction of sp³-hybridized carbons (Fsp3) is 0.556. The number of piperazine rings is 1. The first kappa shape index (κ1) is 19.7. The van der Waals surface area contributed by atoms with Crippen molar-refractivity contribution in [3.63, 3.8) is 0 Å². The van der Waals surface area contributed by atoms with Crippen molar-refractivity contribution >= 4 is 11.9 Å².